The van der Waals surface area contributed by atoms with Crippen LogP contribution in [0.5, 0.6) is 0 Å². The molecule has 0 unspecified atom stereocenters. The smallest absolute Gasteiger partial charge is 0.319 e. The maximum absolute atomic E-state index is 13.1. The normalized spacial score (nSPS) is 16.9. The van der Waals surface area contributed by atoms with E-state index in [2.05, 4.69) is 22.8 Å². The van der Waals surface area contributed by atoms with Crippen LogP contribution in [0.4, 0.5) is 14.9 Å². The number of urea groups is 1. The molecular weight excluding hydrogens is 267 g/mol. The topological polar surface area (TPSA) is 41.1 Å². The van der Waals surface area contributed by atoms with Crippen molar-refractivity contribution in [1.29, 1.82) is 0 Å². The van der Waals surface area contributed by atoms with E-state index in [1.807, 2.05) is 12.1 Å². The Hall–Kier alpha value is -2.36. The minimum Gasteiger partial charge on any atom is -0.331 e. The number of hydrogen-bond acceptors (Lipinski definition) is 1. The van der Waals surface area contributed by atoms with Crippen molar-refractivity contribution in [3.8, 4) is 0 Å². The average molecular weight is 284 g/mol. The van der Waals surface area contributed by atoms with Crippen molar-refractivity contribution >= 4 is 11.7 Å². The van der Waals surface area contributed by atoms with Crippen LogP contribution in [0.3, 0.4) is 0 Å². The molecule has 2 aromatic rings. The third-order valence-corrected chi connectivity index (χ3v) is 3.76. The van der Waals surface area contributed by atoms with Crippen LogP contribution in [0.2, 0.25) is 0 Å². The van der Waals surface area contributed by atoms with E-state index in [1.54, 1.807) is 12.1 Å². The summed E-state index contributed by atoms with van der Waals surface area (Å²) in [5.41, 5.74) is 2.93. The molecular formula is C17H17FN2O. The highest BCUT2D eigenvalue weighted by atomic mass is 19.1. The van der Waals surface area contributed by atoms with E-state index in [0.717, 1.165) is 19.3 Å². The minimum absolute atomic E-state index is 0.0171. The van der Waals surface area contributed by atoms with Crippen LogP contribution in [0.15, 0.2) is 48.5 Å². The Morgan fingerprint density at radius 2 is 2.00 bits per heavy atom. The monoisotopic (exact) mass is 284 g/mol. The number of carbonyl (C=O) groups excluding carboxylic acids is 1. The van der Waals surface area contributed by atoms with Crippen LogP contribution in [-0.4, -0.2) is 6.03 Å². The van der Waals surface area contributed by atoms with Crippen LogP contribution < -0.4 is 10.6 Å². The molecule has 2 aromatic carbocycles. The lowest BCUT2D eigenvalue weighted by Gasteiger charge is -2.26. The van der Waals surface area contributed by atoms with Crippen molar-refractivity contribution in [1.82, 2.24) is 5.32 Å². The largest absolute Gasteiger partial charge is 0.331 e. The Labute approximate surface area is 123 Å². The molecule has 1 atom stereocenters. The van der Waals surface area contributed by atoms with Gasteiger partial charge in [0, 0.05) is 5.69 Å². The maximum atomic E-state index is 13.1. The summed E-state index contributed by atoms with van der Waals surface area (Å²) in [6.07, 6.45) is 3.04. The first kappa shape index (κ1) is 13.6. The molecule has 3 rings (SSSR count). The molecule has 2 N–H and O–H groups in total. The quantitative estimate of drug-likeness (QED) is 0.859. The number of carbonyl (C=O) groups is 1. The first-order valence-corrected chi connectivity index (χ1v) is 7.13. The van der Waals surface area contributed by atoms with E-state index in [0.29, 0.717) is 5.69 Å². The second-order valence-electron chi connectivity index (χ2n) is 5.25. The standard InChI is InChI=1S/C17H17FN2O/c18-13-7-4-8-14(11-13)19-17(21)20-16-10-3-6-12-5-1-2-9-15(12)16/h1-2,4-5,7-9,11,16H,3,6,10H2,(H2,19,20,21)/t16-/m1/s1. The molecule has 0 radical (unpaired) electrons. The maximum Gasteiger partial charge on any atom is 0.319 e. The van der Waals surface area contributed by atoms with Crippen LogP contribution in [0.1, 0.15) is 30.0 Å². The molecule has 3 nitrogen and oxygen atoms in total. The SMILES string of the molecule is O=C(Nc1cccc(F)c1)N[C@@H]1CCCc2ccccc21. The number of nitrogens with one attached hydrogen (secondary N) is 2. The molecule has 108 valence electrons. The number of fused-ring (bicyclic) bond motifs is 1. The van der Waals surface area contributed by atoms with Gasteiger partial charge in [-0.2, -0.15) is 0 Å². The van der Waals surface area contributed by atoms with Gasteiger partial charge in [0.25, 0.3) is 0 Å². The van der Waals surface area contributed by atoms with E-state index < -0.39 is 0 Å². The van der Waals surface area contributed by atoms with Crippen molar-refractivity contribution < 1.29 is 9.18 Å². The fourth-order valence-corrected chi connectivity index (χ4v) is 2.80. The van der Waals surface area contributed by atoms with E-state index in [4.69, 9.17) is 0 Å². The van der Waals surface area contributed by atoms with E-state index in [1.165, 1.54) is 23.3 Å². The zero-order chi connectivity index (χ0) is 14.7. The molecule has 2 amide bonds. The number of hydrogen-bond donors (Lipinski definition) is 2. The fourth-order valence-electron chi connectivity index (χ4n) is 2.80. The number of benzene rings is 2. The zero-order valence-corrected chi connectivity index (χ0v) is 11.6. The Kier molecular flexibility index (Phi) is 3.86. The van der Waals surface area contributed by atoms with Crippen LogP contribution in [0, 0.1) is 5.82 Å². The van der Waals surface area contributed by atoms with Crippen LogP contribution >= 0.6 is 0 Å². The predicted octanol–water partition coefficient (Wildman–Crippen LogP) is 4.02. The number of rotatable bonds is 2. The molecule has 0 spiro atoms. The third kappa shape index (κ3) is 3.21. The Morgan fingerprint density at radius 1 is 1.14 bits per heavy atom. The summed E-state index contributed by atoms with van der Waals surface area (Å²) in [5, 5.41) is 5.64. The predicted molar refractivity (Wildman–Crippen MR) is 80.7 cm³/mol. The van der Waals surface area contributed by atoms with Gasteiger partial charge in [-0.15, -0.1) is 0 Å². The number of halogens is 1. The van der Waals surface area contributed by atoms with Crippen LogP contribution in [-0.2, 0) is 6.42 Å². The van der Waals surface area contributed by atoms with E-state index in [-0.39, 0.29) is 17.9 Å². The lowest BCUT2D eigenvalue weighted by atomic mass is 9.88. The van der Waals surface area contributed by atoms with Gasteiger partial charge < -0.3 is 10.6 Å². The molecule has 0 bridgehead atoms. The van der Waals surface area contributed by atoms with Gasteiger partial charge in [-0.1, -0.05) is 30.3 Å². The summed E-state index contributed by atoms with van der Waals surface area (Å²) < 4.78 is 13.1. The van der Waals surface area contributed by atoms with Gasteiger partial charge in [0.15, 0.2) is 0 Å². The molecule has 0 aromatic heterocycles. The lowest BCUT2D eigenvalue weighted by molar-refractivity contribution is 0.247. The molecule has 0 heterocycles. The lowest BCUT2D eigenvalue weighted by Crippen LogP contribution is -2.34. The summed E-state index contributed by atoms with van der Waals surface area (Å²) in [4.78, 5) is 12.1. The zero-order valence-electron chi connectivity index (χ0n) is 11.6. The van der Waals surface area contributed by atoms with Crippen molar-refractivity contribution in [2.24, 2.45) is 0 Å². The van der Waals surface area contributed by atoms with Crippen molar-refractivity contribution in [3.63, 3.8) is 0 Å². The van der Waals surface area contributed by atoms with Gasteiger partial charge in [-0.3, -0.25) is 0 Å². The van der Waals surface area contributed by atoms with Crippen molar-refractivity contribution in [3.05, 3.63) is 65.5 Å². The summed E-state index contributed by atoms with van der Waals surface area (Å²) in [5.74, 6) is -0.365. The number of amides is 2. The second-order valence-corrected chi connectivity index (χ2v) is 5.25. The highest BCUT2D eigenvalue weighted by molar-refractivity contribution is 5.89. The summed E-state index contributed by atoms with van der Waals surface area (Å²) in [7, 11) is 0. The molecule has 0 saturated carbocycles. The third-order valence-electron chi connectivity index (χ3n) is 3.76. The molecule has 0 saturated heterocycles. The molecule has 0 fully saturated rings. The minimum atomic E-state index is -0.365. The van der Waals surface area contributed by atoms with Gasteiger partial charge in [0.1, 0.15) is 5.82 Å². The van der Waals surface area contributed by atoms with Crippen molar-refractivity contribution in [2.75, 3.05) is 5.32 Å². The Bertz CT molecular complexity index is 657. The highest BCUT2D eigenvalue weighted by Gasteiger charge is 2.21. The summed E-state index contributed by atoms with van der Waals surface area (Å²) in [6, 6.07) is 13.8. The first-order chi connectivity index (χ1) is 10.2. The first-order valence-electron chi connectivity index (χ1n) is 7.13. The van der Waals surface area contributed by atoms with Crippen LogP contribution in [0.25, 0.3) is 0 Å². The molecule has 0 aliphatic heterocycles. The fraction of sp³-hybridized carbons (Fsp3) is 0.235. The van der Waals surface area contributed by atoms with Gasteiger partial charge >= 0.3 is 6.03 Å². The molecule has 1 aliphatic rings. The van der Waals surface area contributed by atoms with Gasteiger partial charge in [-0.05, 0) is 48.6 Å². The summed E-state index contributed by atoms with van der Waals surface area (Å²) in [6.45, 7) is 0. The Morgan fingerprint density at radius 3 is 2.86 bits per heavy atom. The van der Waals surface area contributed by atoms with E-state index in [9.17, 15) is 9.18 Å². The van der Waals surface area contributed by atoms with E-state index >= 15 is 0 Å². The van der Waals surface area contributed by atoms with Gasteiger partial charge in [0.2, 0.25) is 0 Å². The number of aryl methyl sites for hydroxylation is 1. The molecule has 21 heavy (non-hydrogen) atoms. The van der Waals surface area contributed by atoms with Gasteiger partial charge in [-0.25, -0.2) is 9.18 Å². The summed E-state index contributed by atoms with van der Waals surface area (Å²) >= 11 is 0. The number of anilines is 1. The average Bonchev–Trinajstić information content (AvgIpc) is 2.47. The van der Waals surface area contributed by atoms with Crippen molar-refractivity contribution in [2.45, 2.75) is 25.3 Å². The molecule has 4 heteroatoms. The molecule has 1 aliphatic carbocycles. The highest BCUT2D eigenvalue weighted by Crippen LogP contribution is 2.29. The van der Waals surface area contributed by atoms with Gasteiger partial charge in [0.05, 0.1) is 6.04 Å². The Balaban J connectivity index is 1.68. The second kappa shape index (κ2) is 5.95.